The van der Waals surface area contributed by atoms with Crippen molar-refractivity contribution in [3.05, 3.63) is 92.4 Å². The number of hydrogen-bond donors (Lipinski definition) is 2. The monoisotopic (exact) mass is 643 g/mol. The summed E-state index contributed by atoms with van der Waals surface area (Å²) in [6, 6.07) is 16.2. The molecule has 4 amide bonds. The second kappa shape index (κ2) is 12.7. The van der Waals surface area contributed by atoms with Crippen LogP contribution in [0.1, 0.15) is 30.5 Å². The van der Waals surface area contributed by atoms with Crippen LogP contribution in [0.3, 0.4) is 0 Å². The number of carbonyl (C=O) groups excluding carboxylic acids is 3. The Bertz CT molecular complexity index is 1420. The van der Waals surface area contributed by atoms with Crippen molar-refractivity contribution in [2.45, 2.75) is 26.9 Å². The minimum atomic E-state index is -0.677. The lowest BCUT2D eigenvalue weighted by Gasteiger charge is -2.15. The molecular formula is C29H27FIN3O5. The minimum absolute atomic E-state index is 0.0417. The molecule has 0 atom stereocenters. The van der Waals surface area contributed by atoms with Crippen LogP contribution in [0.25, 0.3) is 6.08 Å². The third-order valence-corrected chi connectivity index (χ3v) is 6.68. The average molecular weight is 643 g/mol. The van der Waals surface area contributed by atoms with Gasteiger partial charge in [0.15, 0.2) is 11.5 Å². The van der Waals surface area contributed by atoms with E-state index in [-0.39, 0.29) is 18.1 Å². The number of ether oxygens (including phenoxy) is 2. The van der Waals surface area contributed by atoms with Gasteiger partial charge in [0.1, 0.15) is 24.7 Å². The van der Waals surface area contributed by atoms with Gasteiger partial charge in [0.25, 0.3) is 5.91 Å². The number of nitrogens with one attached hydrogen (secondary N) is 2. The van der Waals surface area contributed by atoms with Gasteiger partial charge in [-0.15, -0.1) is 0 Å². The quantitative estimate of drug-likeness (QED) is 0.173. The summed E-state index contributed by atoms with van der Waals surface area (Å²) in [5, 5.41) is 5.32. The Morgan fingerprint density at radius 3 is 2.54 bits per heavy atom. The number of hydrogen-bond acceptors (Lipinski definition) is 5. The molecule has 0 radical (unpaired) electrons. The number of para-hydroxylation sites is 1. The minimum Gasteiger partial charge on any atom is -0.490 e. The Morgan fingerprint density at radius 2 is 1.82 bits per heavy atom. The molecule has 1 saturated heterocycles. The normalized spacial score (nSPS) is 13.9. The van der Waals surface area contributed by atoms with Crippen LogP contribution in [-0.2, 0) is 22.6 Å². The summed E-state index contributed by atoms with van der Waals surface area (Å²) in [6.45, 7) is 3.98. The Morgan fingerprint density at radius 1 is 1.08 bits per heavy atom. The number of benzene rings is 3. The summed E-state index contributed by atoms with van der Waals surface area (Å²) in [5.74, 6) is -0.437. The van der Waals surface area contributed by atoms with E-state index in [2.05, 4.69) is 33.2 Å². The van der Waals surface area contributed by atoms with E-state index in [4.69, 9.17) is 9.47 Å². The number of imide groups is 1. The SMILES string of the molecule is CCOc1cc(/C=C2/NC(=O)N(CC(=O)Nc3ccccc3CC)C2=O)cc(I)c1OCc1ccc(F)cc1. The zero-order chi connectivity index (χ0) is 27.9. The van der Waals surface area contributed by atoms with Crippen LogP contribution in [0.5, 0.6) is 11.5 Å². The van der Waals surface area contributed by atoms with Crippen molar-refractivity contribution >= 4 is 52.2 Å². The average Bonchev–Trinajstić information content (AvgIpc) is 3.16. The van der Waals surface area contributed by atoms with E-state index in [9.17, 15) is 18.8 Å². The molecule has 0 aromatic heterocycles. The molecular weight excluding hydrogens is 616 g/mol. The van der Waals surface area contributed by atoms with Crippen LogP contribution in [0.15, 0.2) is 66.4 Å². The maximum atomic E-state index is 13.2. The second-order valence-corrected chi connectivity index (χ2v) is 9.78. The number of aryl methyl sites for hydroxylation is 1. The van der Waals surface area contributed by atoms with Crippen molar-refractivity contribution in [2.75, 3.05) is 18.5 Å². The molecule has 8 nitrogen and oxygen atoms in total. The van der Waals surface area contributed by atoms with E-state index in [1.807, 2.05) is 26.0 Å². The van der Waals surface area contributed by atoms with Gasteiger partial charge in [-0.25, -0.2) is 14.1 Å². The van der Waals surface area contributed by atoms with E-state index in [1.165, 1.54) is 18.2 Å². The van der Waals surface area contributed by atoms with E-state index in [0.29, 0.717) is 29.4 Å². The Labute approximate surface area is 239 Å². The lowest BCUT2D eigenvalue weighted by Crippen LogP contribution is -2.38. The van der Waals surface area contributed by atoms with Gasteiger partial charge >= 0.3 is 6.03 Å². The fraction of sp³-hybridized carbons (Fsp3) is 0.207. The van der Waals surface area contributed by atoms with Crippen LogP contribution >= 0.6 is 22.6 Å². The van der Waals surface area contributed by atoms with Crippen molar-refractivity contribution in [1.82, 2.24) is 10.2 Å². The molecule has 10 heteroatoms. The van der Waals surface area contributed by atoms with Crippen molar-refractivity contribution in [3.63, 3.8) is 0 Å². The van der Waals surface area contributed by atoms with Crippen LogP contribution < -0.4 is 20.1 Å². The number of carbonyl (C=O) groups is 3. The van der Waals surface area contributed by atoms with Gasteiger partial charge in [-0.1, -0.05) is 37.3 Å². The van der Waals surface area contributed by atoms with Gasteiger partial charge in [0, 0.05) is 5.69 Å². The van der Waals surface area contributed by atoms with Crippen molar-refractivity contribution in [2.24, 2.45) is 0 Å². The van der Waals surface area contributed by atoms with Crippen LogP contribution in [0, 0.1) is 9.39 Å². The molecule has 4 rings (SSSR count). The molecule has 0 aliphatic carbocycles. The van der Waals surface area contributed by atoms with E-state index in [0.717, 1.165) is 26.0 Å². The molecule has 39 heavy (non-hydrogen) atoms. The summed E-state index contributed by atoms with van der Waals surface area (Å²) in [6.07, 6.45) is 2.25. The number of rotatable bonds is 10. The Hall–Kier alpha value is -3.93. The van der Waals surface area contributed by atoms with Gasteiger partial charge in [-0.3, -0.25) is 9.59 Å². The van der Waals surface area contributed by atoms with Crippen LogP contribution in [0.4, 0.5) is 14.9 Å². The highest BCUT2D eigenvalue weighted by Crippen LogP contribution is 2.35. The molecule has 3 aromatic carbocycles. The molecule has 1 aliphatic heterocycles. The highest BCUT2D eigenvalue weighted by molar-refractivity contribution is 14.1. The van der Waals surface area contributed by atoms with Gasteiger partial charge in [0.05, 0.1) is 10.2 Å². The summed E-state index contributed by atoms with van der Waals surface area (Å²) >= 11 is 2.10. The largest absolute Gasteiger partial charge is 0.490 e. The summed E-state index contributed by atoms with van der Waals surface area (Å²) in [5.41, 5.74) is 3.03. The van der Waals surface area contributed by atoms with E-state index < -0.39 is 24.4 Å². The molecule has 0 unspecified atom stereocenters. The zero-order valence-electron chi connectivity index (χ0n) is 21.4. The smallest absolute Gasteiger partial charge is 0.329 e. The van der Waals surface area contributed by atoms with Crippen LogP contribution in [0.2, 0.25) is 0 Å². The molecule has 202 valence electrons. The molecule has 1 aliphatic rings. The number of urea groups is 1. The highest BCUT2D eigenvalue weighted by atomic mass is 127. The first kappa shape index (κ1) is 28.1. The summed E-state index contributed by atoms with van der Waals surface area (Å²) < 4.78 is 25.7. The maximum absolute atomic E-state index is 13.2. The van der Waals surface area contributed by atoms with Crippen LogP contribution in [-0.4, -0.2) is 35.9 Å². The fourth-order valence-corrected chi connectivity index (χ4v) is 4.76. The highest BCUT2D eigenvalue weighted by Gasteiger charge is 2.35. The number of amides is 4. The predicted molar refractivity (Wildman–Crippen MR) is 154 cm³/mol. The second-order valence-electron chi connectivity index (χ2n) is 8.62. The predicted octanol–water partition coefficient (Wildman–Crippen LogP) is 5.50. The molecule has 3 aromatic rings. The summed E-state index contributed by atoms with van der Waals surface area (Å²) in [4.78, 5) is 39.0. The van der Waals surface area contributed by atoms with Gasteiger partial charge in [-0.05, 0) is 89.0 Å². The van der Waals surface area contributed by atoms with E-state index >= 15 is 0 Å². The maximum Gasteiger partial charge on any atom is 0.329 e. The van der Waals surface area contributed by atoms with Gasteiger partial charge in [-0.2, -0.15) is 0 Å². The first-order chi connectivity index (χ1) is 18.8. The molecule has 0 bridgehead atoms. The summed E-state index contributed by atoms with van der Waals surface area (Å²) in [7, 11) is 0. The van der Waals surface area contributed by atoms with Gasteiger partial charge < -0.3 is 20.1 Å². The van der Waals surface area contributed by atoms with Gasteiger partial charge in [0.2, 0.25) is 5.91 Å². The lowest BCUT2D eigenvalue weighted by molar-refractivity contribution is -0.127. The third-order valence-electron chi connectivity index (χ3n) is 5.88. The molecule has 1 heterocycles. The Kier molecular flexibility index (Phi) is 9.18. The number of halogens is 2. The third kappa shape index (κ3) is 6.94. The molecule has 0 saturated carbocycles. The Balaban J connectivity index is 1.49. The first-order valence-electron chi connectivity index (χ1n) is 12.3. The molecule has 0 spiro atoms. The van der Waals surface area contributed by atoms with Crippen molar-refractivity contribution in [3.8, 4) is 11.5 Å². The number of nitrogens with zero attached hydrogens (tertiary/aromatic N) is 1. The van der Waals surface area contributed by atoms with Crippen molar-refractivity contribution < 1.29 is 28.2 Å². The lowest BCUT2D eigenvalue weighted by atomic mass is 10.1. The fourth-order valence-electron chi connectivity index (χ4n) is 3.98. The standard InChI is InChI=1S/C29H27FIN3O5/c1-3-20-7-5-6-8-23(20)32-26(35)16-34-28(36)24(33-29(34)37)14-19-13-22(31)27(25(15-19)38-4-2)39-17-18-9-11-21(30)12-10-18/h5-15H,3-4,16-17H2,1-2H3,(H,32,35)(H,33,37)/b24-14+. The topological polar surface area (TPSA) is 97.0 Å². The number of anilines is 1. The van der Waals surface area contributed by atoms with E-state index in [1.54, 1.807) is 36.4 Å². The zero-order valence-corrected chi connectivity index (χ0v) is 23.6. The molecule has 2 N–H and O–H groups in total. The first-order valence-corrected chi connectivity index (χ1v) is 13.4. The molecule has 1 fully saturated rings. The van der Waals surface area contributed by atoms with Crippen molar-refractivity contribution in [1.29, 1.82) is 0 Å².